The predicted molar refractivity (Wildman–Crippen MR) is 72.3 cm³/mol. The summed E-state index contributed by atoms with van der Waals surface area (Å²) < 4.78 is 28.5. The smallest absolute Gasteiger partial charge is 0.244 e. The van der Waals surface area contributed by atoms with Crippen molar-refractivity contribution in [2.24, 2.45) is 0 Å². The Morgan fingerprint density at radius 1 is 1.44 bits per heavy atom. The molecule has 4 nitrogen and oxygen atoms in total. The lowest BCUT2D eigenvalue weighted by atomic mass is 10.5. The van der Waals surface area contributed by atoms with E-state index in [2.05, 4.69) is 0 Å². The molecule has 18 heavy (non-hydrogen) atoms. The molecule has 1 heterocycles. The normalized spacial score (nSPS) is 16.4. The van der Waals surface area contributed by atoms with Crippen LogP contribution < -0.4 is 0 Å². The standard InChI is InChI=1S/C12H19ClN2O2S/c1-3-14-9-12(7-11(14)8-13)18(16,17)15(4-2)10-5-6-10/h7,9-10H,3-6,8H2,1-2H3. The monoisotopic (exact) mass is 290 g/mol. The molecule has 0 atom stereocenters. The molecule has 2 rings (SSSR count). The molecule has 0 aliphatic heterocycles. The van der Waals surface area contributed by atoms with E-state index < -0.39 is 10.0 Å². The molecule has 1 aromatic rings. The number of hydrogen-bond acceptors (Lipinski definition) is 2. The van der Waals surface area contributed by atoms with Gasteiger partial charge in [-0.15, -0.1) is 11.6 Å². The van der Waals surface area contributed by atoms with Gasteiger partial charge < -0.3 is 4.57 Å². The first-order chi connectivity index (χ1) is 8.54. The largest absolute Gasteiger partial charge is 0.349 e. The zero-order chi connectivity index (χ0) is 13.3. The van der Waals surface area contributed by atoms with Crippen LogP contribution in [0.1, 0.15) is 32.4 Å². The average molecular weight is 291 g/mol. The van der Waals surface area contributed by atoms with Gasteiger partial charge in [-0.3, -0.25) is 0 Å². The Labute approximate surface area is 114 Å². The number of hydrogen-bond donors (Lipinski definition) is 0. The van der Waals surface area contributed by atoms with E-state index in [0.29, 0.717) is 17.3 Å². The van der Waals surface area contributed by atoms with Crippen LogP contribution in [0.2, 0.25) is 0 Å². The van der Waals surface area contributed by atoms with Gasteiger partial charge in [0.15, 0.2) is 0 Å². The van der Waals surface area contributed by atoms with E-state index in [9.17, 15) is 8.42 Å². The van der Waals surface area contributed by atoms with E-state index in [-0.39, 0.29) is 6.04 Å². The summed E-state index contributed by atoms with van der Waals surface area (Å²) in [6, 6.07) is 1.89. The summed E-state index contributed by atoms with van der Waals surface area (Å²) in [5, 5.41) is 0. The Morgan fingerprint density at radius 2 is 2.11 bits per heavy atom. The molecule has 0 amide bonds. The van der Waals surface area contributed by atoms with Gasteiger partial charge in [-0.2, -0.15) is 4.31 Å². The third kappa shape index (κ3) is 2.44. The van der Waals surface area contributed by atoms with Crippen molar-refractivity contribution in [1.29, 1.82) is 0 Å². The first-order valence-corrected chi connectivity index (χ1v) is 8.28. The molecular weight excluding hydrogens is 272 g/mol. The van der Waals surface area contributed by atoms with E-state index in [0.717, 1.165) is 25.1 Å². The molecule has 0 spiro atoms. The third-order valence-electron chi connectivity index (χ3n) is 3.31. The van der Waals surface area contributed by atoms with Gasteiger partial charge >= 0.3 is 0 Å². The molecule has 102 valence electrons. The van der Waals surface area contributed by atoms with Crippen molar-refractivity contribution >= 4 is 21.6 Å². The molecule has 0 unspecified atom stereocenters. The molecule has 0 N–H and O–H groups in total. The number of aromatic nitrogens is 1. The second-order valence-electron chi connectivity index (χ2n) is 4.53. The Balaban J connectivity index is 2.36. The fourth-order valence-electron chi connectivity index (χ4n) is 2.19. The number of aryl methyl sites for hydroxylation is 1. The summed E-state index contributed by atoms with van der Waals surface area (Å²) >= 11 is 5.83. The summed E-state index contributed by atoms with van der Waals surface area (Å²) in [6.45, 7) is 5.12. The summed E-state index contributed by atoms with van der Waals surface area (Å²) in [6.07, 6.45) is 3.64. The Bertz CT molecular complexity index is 499. The van der Waals surface area contributed by atoms with Crippen molar-refractivity contribution < 1.29 is 8.42 Å². The molecule has 0 aromatic carbocycles. The third-order valence-corrected chi connectivity index (χ3v) is 5.58. The van der Waals surface area contributed by atoms with Crippen LogP contribution in [0.4, 0.5) is 0 Å². The fraction of sp³-hybridized carbons (Fsp3) is 0.667. The lowest BCUT2D eigenvalue weighted by Crippen LogP contribution is -2.32. The van der Waals surface area contributed by atoms with Crippen molar-refractivity contribution in [2.45, 2.75) is 50.1 Å². The van der Waals surface area contributed by atoms with E-state index in [1.807, 2.05) is 18.4 Å². The second-order valence-corrected chi connectivity index (χ2v) is 6.68. The second kappa shape index (κ2) is 5.23. The van der Waals surface area contributed by atoms with Gasteiger partial charge in [0.05, 0.1) is 5.88 Å². The molecule has 0 bridgehead atoms. The number of sulfonamides is 1. The van der Waals surface area contributed by atoms with Gasteiger partial charge in [-0.05, 0) is 25.8 Å². The Morgan fingerprint density at radius 3 is 2.50 bits per heavy atom. The summed E-state index contributed by atoms with van der Waals surface area (Å²) in [5.74, 6) is 0.332. The first kappa shape index (κ1) is 13.9. The predicted octanol–water partition coefficient (Wildman–Crippen LogP) is 2.42. The van der Waals surface area contributed by atoms with Gasteiger partial charge in [0.1, 0.15) is 4.90 Å². The van der Waals surface area contributed by atoms with E-state index in [1.165, 1.54) is 0 Å². The van der Waals surface area contributed by atoms with E-state index in [1.54, 1.807) is 16.6 Å². The molecule has 0 saturated heterocycles. The van der Waals surface area contributed by atoms with Crippen molar-refractivity contribution in [3.63, 3.8) is 0 Å². The van der Waals surface area contributed by atoms with E-state index in [4.69, 9.17) is 11.6 Å². The highest BCUT2D eigenvalue weighted by Gasteiger charge is 2.37. The molecular formula is C12H19ClN2O2S. The van der Waals surface area contributed by atoms with Crippen LogP contribution in [0.5, 0.6) is 0 Å². The van der Waals surface area contributed by atoms with E-state index >= 15 is 0 Å². The topological polar surface area (TPSA) is 42.3 Å². The zero-order valence-corrected chi connectivity index (χ0v) is 12.3. The van der Waals surface area contributed by atoms with Crippen LogP contribution in [0.25, 0.3) is 0 Å². The maximum absolute atomic E-state index is 12.5. The minimum Gasteiger partial charge on any atom is -0.349 e. The molecule has 1 saturated carbocycles. The van der Waals surface area contributed by atoms with Crippen LogP contribution in [-0.2, 0) is 22.4 Å². The highest BCUT2D eigenvalue weighted by Crippen LogP contribution is 2.32. The van der Waals surface area contributed by atoms with Crippen molar-refractivity contribution in [3.8, 4) is 0 Å². The maximum atomic E-state index is 12.5. The molecule has 6 heteroatoms. The minimum atomic E-state index is -3.36. The Kier molecular flexibility index (Phi) is 4.04. The van der Waals surface area contributed by atoms with Gasteiger partial charge in [0.25, 0.3) is 0 Å². The molecule has 1 aromatic heterocycles. The molecule has 1 aliphatic carbocycles. The SMILES string of the molecule is CCN(C1CC1)S(=O)(=O)c1cc(CCl)n(CC)c1. The fourth-order valence-corrected chi connectivity index (χ4v) is 4.18. The van der Waals surface area contributed by atoms with Crippen molar-refractivity contribution in [3.05, 3.63) is 18.0 Å². The minimum absolute atomic E-state index is 0.199. The first-order valence-electron chi connectivity index (χ1n) is 6.31. The summed E-state index contributed by atoms with van der Waals surface area (Å²) in [4.78, 5) is 0.369. The van der Waals surface area contributed by atoms with Crippen LogP contribution in [0.15, 0.2) is 17.2 Å². The summed E-state index contributed by atoms with van der Waals surface area (Å²) in [7, 11) is -3.36. The highest BCUT2D eigenvalue weighted by molar-refractivity contribution is 7.89. The van der Waals surface area contributed by atoms with Crippen LogP contribution in [-0.4, -0.2) is 29.9 Å². The number of halogens is 1. The lowest BCUT2D eigenvalue weighted by Gasteiger charge is -2.18. The van der Waals surface area contributed by atoms with Gasteiger partial charge in [0, 0.05) is 31.0 Å². The number of nitrogens with zero attached hydrogens (tertiary/aromatic N) is 2. The van der Waals surface area contributed by atoms with Crippen LogP contribution >= 0.6 is 11.6 Å². The highest BCUT2D eigenvalue weighted by atomic mass is 35.5. The average Bonchev–Trinajstić information content (AvgIpc) is 3.07. The Hall–Kier alpha value is -0.520. The number of rotatable bonds is 6. The van der Waals surface area contributed by atoms with Crippen LogP contribution in [0.3, 0.4) is 0 Å². The quantitative estimate of drug-likeness (QED) is 0.755. The molecule has 0 radical (unpaired) electrons. The van der Waals surface area contributed by atoms with Gasteiger partial charge in [-0.1, -0.05) is 6.92 Å². The van der Waals surface area contributed by atoms with Crippen molar-refractivity contribution in [1.82, 2.24) is 8.87 Å². The lowest BCUT2D eigenvalue weighted by molar-refractivity contribution is 0.421. The zero-order valence-electron chi connectivity index (χ0n) is 10.8. The number of alkyl halides is 1. The van der Waals surface area contributed by atoms with Gasteiger partial charge in [0.2, 0.25) is 10.0 Å². The molecule has 1 aliphatic rings. The molecule has 1 fully saturated rings. The summed E-state index contributed by atoms with van der Waals surface area (Å²) in [5.41, 5.74) is 0.851. The van der Waals surface area contributed by atoms with Crippen molar-refractivity contribution in [2.75, 3.05) is 6.54 Å². The maximum Gasteiger partial charge on any atom is 0.244 e. The van der Waals surface area contributed by atoms with Crippen LogP contribution in [0, 0.1) is 0 Å². The van der Waals surface area contributed by atoms with Gasteiger partial charge in [-0.25, -0.2) is 8.42 Å².